The second kappa shape index (κ2) is 5.88. The minimum absolute atomic E-state index is 0.0532. The van der Waals surface area contributed by atoms with Crippen molar-refractivity contribution in [2.45, 2.75) is 25.2 Å². The van der Waals surface area contributed by atoms with Gasteiger partial charge in [-0.15, -0.1) is 0 Å². The second-order valence-electron chi connectivity index (χ2n) is 5.32. The van der Waals surface area contributed by atoms with E-state index in [1.807, 2.05) is 0 Å². The number of aryl methyl sites for hydroxylation is 1. The van der Waals surface area contributed by atoms with Gasteiger partial charge in [0.05, 0.1) is 22.7 Å². The summed E-state index contributed by atoms with van der Waals surface area (Å²) < 4.78 is 0. The third-order valence-electron chi connectivity index (χ3n) is 3.87. The molecule has 1 heterocycles. The number of anilines is 1. The summed E-state index contributed by atoms with van der Waals surface area (Å²) in [5.41, 5.74) is 1.09. The van der Waals surface area contributed by atoms with E-state index in [4.69, 9.17) is 11.6 Å². The molecule has 1 aliphatic rings. The highest BCUT2D eigenvalue weighted by molar-refractivity contribution is 6.31. The number of nitrogens with one attached hydrogen (secondary N) is 2. The van der Waals surface area contributed by atoms with Gasteiger partial charge in [0.25, 0.3) is 0 Å². The first kappa shape index (κ1) is 15.3. The summed E-state index contributed by atoms with van der Waals surface area (Å²) in [6.07, 6.45) is 3.91. The van der Waals surface area contributed by atoms with Crippen LogP contribution in [-0.4, -0.2) is 26.1 Å². The molecule has 1 aromatic carbocycles. The molecular formula is C14H13ClN4O4. The lowest BCUT2D eigenvalue weighted by Gasteiger charge is -2.21. The number of nitrogens with zero attached hydrogens (tertiary/aromatic N) is 2. The third kappa shape index (κ3) is 2.85. The average Bonchev–Trinajstić information content (AvgIpc) is 2.98. The predicted octanol–water partition coefficient (Wildman–Crippen LogP) is 2.74. The first-order chi connectivity index (χ1) is 11.0. The van der Waals surface area contributed by atoms with Gasteiger partial charge in [-0.1, -0.05) is 11.6 Å². The van der Waals surface area contributed by atoms with Gasteiger partial charge >= 0.3 is 5.69 Å². The summed E-state index contributed by atoms with van der Waals surface area (Å²) >= 11 is 5.82. The standard InChI is InChI=1S/C14H13ClN4O4/c15-7-4-11(13(20)12(5-7)19(22)23)17-14(21)8-2-1-3-10-9(8)6-16-18-10/h4-6,8,20H,1-3H2,(H,16,18)(H,17,21)/t8-/m0/s1. The van der Waals surface area contributed by atoms with Crippen molar-refractivity contribution in [3.05, 3.63) is 44.7 Å². The number of carbonyl (C=O) groups excluding carboxylic acids is 1. The Morgan fingerprint density at radius 2 is 2.30 bits per heavy atom. The number of benzene rings is 1. The van der Waals surface area contributed by atoms with Crippen LogP contribution in [0.15, 0.2) is 18.3 Å². The van der Waals surface area contributed by atoms with Crippen LogP contribution < -0.4 is 5.32 Å². The molecule has 120 valence electrons. The normalized spacial score (nSPS) is 16.7. The Balaban J connectivity index is 1.89. The molecule has 0 radical (unpaired) electrons. The summed E-state index contributed by atoms with van der Waals surface area (Å²) in [5, 5.41) is 30.2. The largest absolute Gasteiger partial charge is 0.501 e. The number of hydrogen-bond acceptors (Lipinski definition) is 5. The number of phenolic OH excluding ortho intramolecular Hbond substituents is 1. The van der Waals surface area contributed by atoms with Gasteiger partial charge in [-0.2, -0.15) is 5.10 Å². The molecular weight excluding hydrogens is 324 g/mol. The van der Waals surface area contributed by atoms with Gasteiger partial charge in [0, 0.05) is 22.3 Å². The number of H-pyrrole nitrogens is 1. The van der Waals surface area contributed by atoms with Gasteiger partial charge in [-0.25, -0.2) is 0 Å². The van der Waals surface area contributed by atoms with Gasteiger partial charge in [0.15, 0.2) is 0 Å². The summed E-state index contributed by atoms with van der Waals surface area (Å²) in [7, 11) is 0. The number of aromatic amines is 1. The molecule has 3 rings (SSSR count). The van der Waals surface area contributed by atoms with Crippen molar-refractivity contribution in [3.63, 3.8) is 0 Å². The van der Waals surface area contributed by atoms with Crippen molar-refractivity contribution in [1.82, 2.24) is 10.2 Å². The topological polar surface area (TPSA) is 121 Å². The second-order valence-corrected chi connectivity index (χ2v) is 5.75. The number of nitro groups is 1. The fourth-order valence-electron chi connectivity index (χ4n) is 2.77. The van der Waals surface area contributed by atoms with E-state index in [0.717, 1.165) is 30.2 Å². The molecule has 0 bridgehead atoms. The minimum atomic E-state index is -0.758. The van der Waals surface area contributed by atoms with E-state index in [2.05, 4.69) is 15.5 Å². The van der Waals surface area contributed by atoms with Crippen LogP contribution in [0.1, 0.15) is 30.0 Å². The van der Waals surface area contributed by atoms with Gasteiger partial charge in [0.2, 0.25) is 11.7 Å². The monoisotopic (exact) mass is 336 g/mol. The van der Waals surface area contributed by atoms with E-state index in [0.29, 0.717) is 6.42 Å². The van der Waals surface area contributed by atoms with Crippen LogP contribution in [0.4, 0.5) is 11.4 Å². The Labute approximate surface area is 135 Å². The first-order valence-corrected chi connectivity index (χ1v) is 7.35. The molecule has 0 saturated heterocycles. The molecule has 1 aromatic heterocycles. The van der Waals surface area contributed by atoms with E-state index in [-0.39, 0.29) is 16.6 Å². The molecule has 1 aliphatic carbocycles. The van der Waals surface area contributed by atoms with Crippen molar-refractivity contribution in [1.29, 1.82) is 0 Å². The van der Waals surface area contributed by atoms with Gasteiger partial charge < -0.3 is 10.4 Å². The van der Waals surface area contributed by atoms with E-state index >= 15 is 0 Å². The molecule has 0 saturated carbocycles. The average molecular weight is 337 g/mol. The van der Waals surface area contributed by atoms with Crippen LogP contribution in [-0.2, 0) is 11.2 Å². The van der Waals surface area contributed by atoms with Gasteiger partial charge in [-0.05, 0) is 25.3 Å². The lowest BCUT2D eigenvalue weighted by Crippen LogP contribution is -2.24. The van der Waals surface area contributed by atoms with Crippen molar-refractivity contribution in [2.75, 3.05) is 5.32 Å². The van der Waals surface area contributed by atoms with Gasteiger partial charge in [0.1, 0.15) is 0 Å². The highest BCUT2D eigenvalue weighted by Crippen LogP contribution is 2.38. The number of rotatable bonds is 3. The number of aromatic nitrogens is 2. The highest BCUT2D eigenvalue weighted by atomic mass is 35.5. The number of amides is 1. The zero-order valence-electron chi connectivity index (χ0n) is 11.9. The SMILES string of the molecule is O=C(Nc1cc(Cl)cc([N+](=O)[O-])c1O)[C@H]1CCCc2[nH]ncc21. The number of hydrogen-bond donors (Lipinski definition) is 3. The molecule has 0 unspecified atom stereocenters. The quantitative estimate of drug-likeness (QED) is 0.452. The number of halogens is 1. The molecule has 1 amide bonds. The Bertz CT molecular complexity index is 789. The van der Waals surface area contributed by atoms with Crippen LogP contribution in [0.5, 0.6) is 5.75 Å². The lowest BCUT2D eigenvalue weighted by atomic mass is 9.86. The molecule has 9 heteroatoms. The number of phenols is 1. The molecule has 0 aliphatic heterocycles. The lowest BCUT2D eigenvalue weighted by molar-refractivity contribution is -0.385. The van der Waals surface area contributed by atoms with Crippen molar-refractivity contribution >= 4 is 28.9 Å². The minimum Gasteiger partial charge on any atom is -0.501 e. The Kier molecular flexibility index (Phi) is 3.91. The number of carbonyl (C=O) groups is 1. The number of aromatic hydroxyl groups is 1. The molecule has 3 N–H and O–H groups in total. The fourth-order valence-corrected chi connectivity index (χ4v) is 2.99. The van der Waals surface area contributed by atoms with Crippen molar-refractivity contribution < 1.29 is 14.8 Å². The zero-order chi connectivity index (χ0) is 16.6. The van der Waals surface area contributed by atoms with Crippen LogP contribution in [0.2, 0.25) is 5.02 Å². The molecule has 23 heavy (non-hydrogen) atoms. The third-order valence-corrected chi connectivity index (χ3v) is 4.09. The van der Waals surface area contributed by atoms with Crippen LogP contribution in [0, 0.1) is 10.1 Å². The van der Waals surface area contributed by atoms with Crippen molar-refractivity contribution in [2.24, 2.45) is 0 Å². The summed E-state index contributed by atoms with van der Waals surface area (Å²) in [4.78, 5) is 22.6. The maximum atomic E-state index is 12.5. The molecule has 2 aromatic rings. The summed E-state index contributed by atoms with van der Waals surface area (Å²) in [5.74, 6) is -1.40. The fraction of sp³-hybridized carbons (Fsp3) is 0.286. The summed E-state index contributed by atoms with van der Waals surface area (Å²) in [6.45, 7) is 0. The molecule has 0 spiro atoms. The molecule has 1 atom stereocenters. The van der Waals surface area contributed by atoms with Crippen LogP contribution in [0.25, 0.3) is 0 Å². The highest BCUT2D eigenvalue weighted by Gasteiger charge is 2.29. The maximum absolute atomic E-state index is 12.5. The number of nitro benzene ring substituents is 1. The van der Waals surface area contributed by atoms with Crippen molar-refractivity contribution in [3.8, 4) is 5.75 Å². The number of fused-ring (bicyclic) bond motifs is 1. The summed E-state index contributed by atoms with van der Waals surface area (Å²) in [6, 6.07) is 2.31. The Morgan fingerprint density at radius 1 is 1.52 bits per heavy atom. The van der Waals surface area contributed by atoms with E-state index in [1.54, 1.807) is 6.20 Å². The van der Waals surface area contributed by atoms with E-state index in [1.165, 1.54) is 6.07 Å². The maximum Gasteiger partial charge on any atom is 0.314 e. The molecule has 8 nitrogen and oxygen atoms in total. The van der Waals surface area contributed by atoms with E-state index < -0.39 is 22.3 Å². The van der Waals surface area contributed by atoms with Crippen LogP contribution >= 0.6 is 11.6 Å². The Morgan fingerprint density at radius 3 is 3.04 bits per heavy atom. The zero-order valence-corrected chi connectivity index (χ0v) is 12.6. The van der Waals surface area contributed by atoms with Crippen LogP contribution in [0.3, 0.4) is 0 Å². The van der Waals surface area contributed by atoms with Gasteiger partial charge in [-0.3, -0.25) is 20.0 Å². The van der Waals surface area contributed by atoms with E-state index in [9.17, 15) is 20.0 Å². The smallest absolute Gasteiger partial charge is 0.314 e. The first-order valence-electron chi connectivity index (χ1n) is 6.97. The Hall–Kier alpha value is -2.61. The predicted molar refractivity (Wildman–Crippen MR) is 82.7 cm³/mol. The molecule has 0 fully saturated rings.